The maximum Gasteiger partial charge on any atom is 0.251 e. The van der Waals surface area contributed by atoms with Gasteiger partial charge in [-0.2, -0.15) is 11.8 Å². The quantitative estimate of drug-likeness (QED) is 0.365. The lowest BCUT2D eigenvalue weighted by Gasteiger charge is -2.06. The van der Waals surface area contributed by atoms with Crippen molar-refractivity contribution >= 4 is 23.5 Å². The minimum absolute atomic E-state index is 0.0630. The zero-order valence-corrected chi connectivity index (χ0v) is 15.6. The molecule has 0 aliphatic heterocycles. The second kappa shape index (κ2) is 11.2. The fraction of sp³-hybridized carbons (Fsp3) is 0.444. The van der Waals surface area contributed by atoms with Crippen LogP contribution in [0.2, 0.25) is 0 Å². The number of thioether (sulfide) groups is 2. The maximum atomic E-state index is 11.7. The maximum absolute atomic E-state index is 11.7. The predicted molar refractivity (Wildman–Crippen MR) is 103 cm³/mol. The van der Waals surface area contributed by atoms with E-state index in [0.29, 0.717) is 6.61 Å². The second-order valence-corrected chi connectivity index (χ2v) is 7.50. The van der Waals surface area contributed by atoms with Crippen molar-refractivity contribution in [1.29, 1.82) is 0 Å². The molecule has 1 heterocycles. The van der Waals surface area contributed by atoms with E-state index in [1.165, 1.54) is 0 Å². The number of para-hydroxylation sites is 1. The Hall–Kier alpha value is -1.40. The number of ether oxygens (including phenoxy) is 1. The van der Waals surface area contributed by atoms with Crippen molar-refractivity contribution in [2.24, 2.45) is 0 Å². The number of hydrogen-bond acceptors (Lipinski definition) is 5. The molecule has 0 spiro atoms. The van der Waals surface area contributed by atoms with Gasteiger partial charge in [-0.25, -0.2) is 4.98 Å². The summed E-state index contributed by atoms with van der Waals surface area (Å²) in [5, 5.41) is 0.721. The number of unbranched alkanes of at least 4 members (excludes halogenated alkanes) is 1. The fourth-order valence-electron chi connectivity index (χ4n) is 2.03. The summed E-state index contributed by atoms with van der Waals surface area (Å²) in [4.78, 5) is 19.0. The molecule has 130 valence electrons. The zero-order valence-electron chi connectivity index (χ0n) is 14.0. The summed E-state index contributed by atoms with van der Waals surface area (Å²) in [7, 11) is 0. The molecule has 1 N–H and O–H groups in total. The van der Waals surface area contributed by atoms with Crippen LogP contribution in [-0.2, 0) is 5.75 Å². The van der Waals surface area contributed by atoms with Gasteiger partial charge >= 0.3 is 0 Å². The lowest BCUT2D eigenvalue weighted by molar-refractivity contribution is 0.310. The number of benzene rings is 1. The van der Waals surface area contributed by atoms with E-state index in [9.17, 15) is 4.79 Å². The summed E-state index contributed by atoms with van der Waals surface area (Å²) in [6.07, 6.45) is 3.15. The third-order valence-electron chi connectivity index (χ3n) is 3.16. The lowest BCUT2D eigenvalue weighted by Crippen LogP contribution is -2.09. The SMILES string of the molecule is CCCSCc1cc(=O)[nH]c(SCCCCOc2ccccc2)n1. The first-order valence-electron chi connectivity index (χ1n) is 8.26. The Balaban J connectivity index is 1.67. The zero-order chi connectivity index (χ0) is 17.0. The van der Waals surface area contributed by atoms with E-state index >= 15 is 0 Å². The molecule has 0 bridgehead atoms. The van der Waals surface area contributed by atoms with Gasteiger partial charge in [-0.15, -0.1) is 0 Å². The summed E-state index contributed by atoms with van der Waals surface area (Å²) in [5.74, 6) is 3.73. The van der Waals surface area contributed by atoms with E-state index in [2.05, 4.69) is 16.9 Å². The Morgan fingerprint density at radius 1 is 1.17 bits per heavy atom. The molecule has 1 aromatic carbocycles. The van der Waals surface area contributed by atoms with Crippen LogP contribution < -0.4 is 10.3 Å². The van der Waals surface area contributed by atoms with E-state index in [0.717, 1.165) is 53.1 Å². The summed E-state index contributed by atoms with van der Waals surface area (Å²) in [6, 6.07) is 11.4. The Labute approximate surface area is 151 Å². The molecule has 2 aromatic rings. The third kappa shape index (κ3) is 7.45. The fourth-order valence-corrected chi connectivity index (χ4v) is 3.71. The summed E-state index contributed by atoms with van der Waals surface area (Å²) < 4.78 is 5.67. The number of nitrogens with one attached hydrogen (secondary N) is 1. The summed E-state index contributed by atoms with van der Waals surface area (Å²) >= 11 is 3.42. The number of aromatic nitrogens is 2. The van der Waals surface area contributed by atoms with Crippen LogP contribution in [0.3, 0.4) is 0 Å². The highest BCUT2D eigenvalue weighted by molar-refractivity contribution is 7.99. The number of H-pyrrole nitrogens is 1. The Bertz CT molecular complexity index is 647. The van der Waals surface area contributed by atoms with Crippen molar-refractivity contribution in [3.63, 3.8) is 0 Å². The normalized spacial score (nSPS) is 10.7. The molecule has 0 fully saturated rings. The smallest absolute Gasteiger partial charge is 0.251 e. The molecule has 4 nitrogen and oxygen atoms in total. The molecule has 6 heteroatoms. The topological polar surface area (TPSA) is 55.0 Å². The number of hydrogen-bond donors (Lipinski definition) is 1. The highest BCUT2D eigenvalue weighted by Gasteiger charge is 2.03. The Morgan fingerprint density at radius 3 is 2.79 bits per heavy atom. The van der Waals surface area contributed by atoms with Crippen molar-refractivity contribution in [1.82, 2.24) is 9.97 Å². The monoisotopic (exact) mass is 364 g/mol. The van der Waals surface area contributed by atoms with Gasteiger partial charge < -0.3 is 9.72 Å². The van der Waals surface area contributed by atoms with Crippen LogP contribution in [0.4, 0.5) is 0 Å². The van der Waals surface area contributed by atoms with Crippen molar-refractivity contribution in [3.05, 3.63) is 52.4 Å². The Kier molecular flexibility index (Phi) is 8.84. The van der Waals surface area contributed by atoms with E-state index in [1.54, 1.807) is 17.8 Å². The molecular formula is C18H24N2O2S2. The van der Waals surface area contributed by atoms with Crippen LogP contribution in [0.25, 0.3) is 0 Å². The molecule has 1 aromatic heterocycles. The van der Waals surface area contributed by atoms with Gasteiger partial charge in [0.25, 0.3) is 5.56 Å². The van der Waals surface area contributed by atoms with Gasteiger partial charge in [0.05, 0.1) is 12.3 Å². The lowest BCUT2D eigenvalue weighted by atomic mass is 10.3. The molecule has 0 radical (unpaired) electrons. The van der Waals surface area contributed by atoms with Crippen LogP contribution in [0, 0.1) is 0 Å². The van der Waals surface area contributed by atoms with Crippen LogP contribution in [0.15, 0.2) is 46.3 Å². The number of rotatable bonds is 11. The standard InChI is InChI=1S/C18H24N2O2S2/c1-2-11-23-14-15-13-17(21)20-18(19-15)24-12-7-6-10-22-16-8-4-3-5-9-16/h3-5,8-9,13H,2,6-7,10-12,14H2,1H3,(H,19,20,21). The first-order valence-corrected chi connectivity index (χ1v) is 10.4. The van der Waals surface area contributed by atoms with E-state index in [4.69, 9.17) is 4.74 Å². The molecule has 0 aliphatic rings. The van der Waals surface area contributed by atoms with Gasteiger partial charge in [-0.3, -0.25) is 4.79 Å². The summed E-state index contributed by atoms with van der Waals surface area (Å²) in [6.45, 7) is 2.86. The first kappa shape index (κ1) is 18.9. The minimum Gasteiger partial charge on any atom is -0.494 e. The molecule has 0 saturated carbocycles. The Morgan fingerprint density at radius 2 is 2.00 bits per heavy atom. The minimum atomic E-state index is -0.0630. The highest BCUT2D eigenvalue weighted by Crippen LogP contribution is 2.16. The van der Waals surface area contributed by atoms with Crippen molar-refractivity contribution in [2.45, 2.75) is 37.1 Å². The average Bonchev–Trinajstić information content (AvgIpc) is 2.59. The molecule has 0 saturated heterocycles. The summed E-state index contributed by atoms with van der Waals surface area (Å²) in [5.41, 5.74) is 0.805. The van der Waals surface area contributed by atoms with Crippen LogP contribution >= 0.6 is 23.5 Å². The molecule has 0 unspecified atom stereocenters. The predicted octanol–water partition coefficient (Wildman–Crippen LogP) is 4.36. The molecule has 0 aliphatic carbocycles. The third-order valence-corrected chi connectivity index (χ3v) is 5.32. The van der Waals surface area contributed by atoms with Gasteiger partial charge in [-0.1, -0.05) is 36.9 Å². The van der Waals surface area contributed by atoms with Crippen LogP contribution in [0.5, 0.6) is 5.75 Å². The van der Waals surface area contributed by atoms with Gasteiger partial charge in [0, 0.05) is 17.6 Å². The highest BCUT2D eigenvalue weighted by atomic mass is 32.2. The van der Waals surface area contributed by atoms with E-state index < -0.39 is 0 Å². The van der Waals surface area contributed by atoms with Crippen LogP contribution in [0.1, 0.15) is 31.9 Å². The average molecular weight is 365 g/mol. The number of nitrogens with zero attached hydrogens (tertiary/aromatic N) is 1. The molecular weight excluding hydrogens is 340 g/mol. The van der Waals surface area contributed by atoms with Gasteiger partial charge in [0.15, 0.2) is 5.16 Å². The van der Waals surface area contributed by atoms with E-state index in [-0.39, 0.29) is 5.56 Å². The number of aromatic amines is 1. The molecule has 0 amide bonds. The largest absolute Gasteiger partial charge is 0.494 e. The first-order chi connectivity index (χ1) is 11.8. The van der Waals surface area contributed by atoms with Gasteiger partial charge in [0.2, 0.25) is 0 Å². The van der Waals surface area contributed by atoms with Crippen LogP contribution in [-0.4, -0.2) is 28.1 Å². The molecule has 24 heavy (non-hydrogen) atoms. The van der Waals surface area contributed by atoms with Gasteiger partial charge in [0.1, 0.15) is 5.75 Å². The molecule has 2 rings (SSSR count). The van der Waals surface area contributed by atoms with E-state index in [1.807, 2.05) is 42.1 Å². The second-order valence-electron chi connectivity index (χ2n) is 5.31. The van der Waals surface area contributed by atoms with Crippen molar-refractivity contribution < 1.29 is 4.74 Å². The molecule has 0 atom stereocenters. The van der Waals surface area contributed by atoms with Crippen molar-refractivity contribution in [3.8, 4) is 5.75 Å². The van der Waals surface area contributed by atoms with Crippen molar-refractivity contribution in [2.75, 3.05) is 18.1 Å². The van der Waals surface area contributed by atoms with Gasteiger partial charge in [-0.05, 0) is 37.1 Å².